The third-order valence-corrected chi connectivity index (χ3v) is 4.06. The van der Waals surface area contributed by atoms with Gasteiger partial charge in [0.05, 0.1) is 6.04 Å². The van der Waals surface area contributed by atoms with Gasteiger partial charge in [0.25, 0.3) is 0 Å². The lowest BCUT2D eigenvalue weighted by Crippen LogP contribution is -2.50. The molecule has 1 aromatic rings. The van der Waals surface area contributed by atoms with E-state index in [0.29, 0.717) is 19.4 Å². The third-order valence-electron chi connectivity index (χ3n) is 4.06. The van der Waals surface area contributed by atoms with Crippen LogP contribution in [-0.4, -0.2) is 31.4 Å². The molecule has 106 valence electrons. The van der Waals surface area contributed by atoms with Crippen LogP contribution in [0.15, 0.2) is 18.2 Å². The highest BCUT2D eigenvalue weighted by Crippen LogP contribution is 2.27. The van der Waals surface area contributed by atoms with Crippen molar-refractivity contribution in [3.8, 4) is 0 Å². The number of anilines is 1. The normalized spacial score (nSPS) is 21.9. The molecule has 1 atom stereocenters. The van der Waals surface area contributed by atoms with Gasteiger partial charge in [-0.3, -0.25) is 14.9 Å². The van der Waals surface area contributed by atoms with Gasteiger partial charge >= 0.3 is 0 Å². The van der Waals surface area contributed by atoms with Gasteiger partial charge in [-0.15, -0.1) is 0 Å². The van der Waals surface area contributed by atoms with Crippen molar-refractivity contribution < 1.29 is 9.59 Å². The smallest absolute Gasteiger partial charge is 0.243 e. The van der Waals surface area contributed by atoms with Crippen molar-refractivity contribution in [1.29, 1.82) is 0 Å². The first kappa shape index (κ1) is 13.1. The number of hydrogen-bond donors (Lipinski definition) is 2. The second-order valence-electron chi connectivity index (χ2n) is 5.52. The van der Waals surface area contributed by atoms with Crippen molar-refractivity contribution in [3.05, 3.63) is 29.3 Å². The zero-order chi connectivity index (χ0) is 14.1. The fourth-order valence-corrected chi connectivity index (χ4v) is 2.86. The number of benzene rings is 1. The molecule has 0 aromatic heterocycles. The zero-order valence-electron chi connectivity index (χ0n) is 11.6. The number of amides is 2. The molecular weight excluding hydrogens is 254 g/mol. The predicted molar refractivity (Wildman–Crippen MR) is 76.4 cm³/mol. The second kappa shape index (κ2) is 5.25. The number of hydrogen-bond acceptors (Lipinski definition) is 4. The fraction of sp³-hybridized carbons (Fsp3) is 0.467. The van der Waals surface area contributed by atoms with Gasteiger partial charge < -0.3 is 10.2 Å². The number of imide groups is 1. The summed E-state index contributed by atoms with van der Waals surface area (Å²) in [5, 5.41) is 5.60. The van der Waals surface area contributed by atoms with Crippen molar-refractivity contribution in [2.24, 2.45) is 0 Å². The van der Waals surface area contributed by atoms with E-state index in [1.54, 1.807) is 0 Å². The predicted octanol–water partition coefficient (Wildman–Crippen LogP) is 0.574. The minimum Gasteiger partial charge on any atom is -0.374 e. The summed E-state index contributed by atoms with van der Waals surface area (Å²) in [4.78, 5) is 25.0. The lowest BCUT2D eigenvalue weighted by atomic mass is 10.0. The van der Waals surface area contributed by atoms with Crippen LogP contribution in [0.2, 0.25) is 0 Å². The molecule has 0 spiro atoms. The lowest BCUT2D eigenvalue weighted by Gasteiger charge is -2.22. The minimum absolute atomic E-state index is 0.173. The molecule has 5 nitrogen and oxygen atoms in total. The number of nitrogens with zero attached hydrogens (tertiary/aromatic N) is 1. The summed E-state index contributed by atoms with van der Waals surface area (Å²) in [6.45, 7) is 1.72. The van der Waals surface area contributed by atoms with Gasteiger partial charge in [-0.25, -0.2) is 0 Å². The maximum absolute atomic E-state index is 11.7. The van der Waals surface area contributed by atoms with Crippen molar-refractivity contribution in [2.75, 3.05) is 18.5 Å². The molecule has 2 N–H and O–H groups in total. The van der Waals surface area contributed by atoms with E-state index in [4.69, 9.17) is 0 Å². The van der Waals surface area contributed by atoms with E-state index in [9.17, 15) is 9.59 Å². The van der Waals surface area contributed by atoms with Gasteiger partial charge in [0.2, 0.25) is 11.8 Å². The maximum atomic E-state index is 11.7. The molecule has 1 fully saturated rings. The molecule has 1 aromatic carbocycles. The Balaban J connectivity index is 1.62. The summed E-state index contributed by atoms with van der Waals surface area (Å²) in [7, 11) is 2.10. The van der Waals surface area contributed by atoms with E-state index < -0.39 is 0 Å². The van der Waals surface area contributed by atoms with Gasteiger partial charge in [0.15, 0.2) is 0 Å². The Kier molecular flexibility index (Phi) is 3.44. The molecular formula is C15H19N3O2. The number of likely N-dealkylation sites (N-methyl/N-ethyl adjacent to an activating group) is 1. The highest BCUT2D eigenvalue weighted by atomic mass is 16.2. The Morgan fingerprint density at radius 2 is 2.20 bits per heavy atom. The van der Waals surface area contributed by atoms with E-state index in [2.05, 4.69) is 40.8 Å². The van der Waals surface area contributed by atoms with E-state index in [-0.39, 0.29) is 17.9 Å². The first-order chi connectivity index (χ1) is 9.63. The van der Waals surface area contributed by atoms with Crippen molar-refractivity contribution >= 4 is 17.5 Å². The summed E-state index contributed by atoms with van der Waals surface area (Å²) in [5.74, 6) is -0.379. The van der Waals surface area contributed by atoms with Crippen molar-refractivity contribution in [1.82, 2.24) is 10.6 Å². The average molecular weight is 273 g/mol. The average Bonchev–Trinajstić information content (AvgIpc) is 2.79. The topological polar surface area (TPSA) is 61.4 Å². The Morgan fingerprint density at radius 1 is 1.35 bits per heavy atom. The molecule has 0 bridgehead atoms. The largest absolute Gasteiger partial charge is 0.374 e. The summed E-state index contributed by atoms with van der Waals surface area (Å²) >= 11 is 0. The van der Waals surface area contributed by atoms with E-state index in [0.717, 1.165) is 13.0 Å². The van der Waals surface area contributed by atoms with Gasteiger partial charge in [0, 0.05) is 32.2 Å². The summed E-state index contributed by atoms with van der Waals surface area (Å²) < 4.78 is 0. The fourth-order valence-electron chi connectivity index (χ4n) is 2.86. The quantitative estimate of drug-likeness (QED) is 0.791. The highest BCUT2D eigenvalue weighted by molar-refractivity contribution is 6.00. The maximum Gasteiger partial charge on any atom is 0.243 e. The van der Waals surface area contributed by atoms with Crippen LogP contribution in [0.1, 0.15) is 24.0 Å². The van der Waals surface area contributed by atoms with Crippen LogP contribution in [0, 0.1) is 0 Å². The Morgan fingerprint density at radius 3 is 3.00 bits per heavy atom. The molecule has 5 heteroatoms. The number of carbonyl (C=O) groups is 2. The number of rotatable bonds is 3. The van der Waals surface area contributed by atoms with Crippen molar-refractivity contribution in [3.63, 3.8) is 0 Å². The highest BCUT2D eigenvalue weighted by Gasteiger charge is 2.26. The van der Waals surface area contributed by atoms with Gasteiger partial charge in [-0.1, -0.05) is 12.1 Å². The number of piperidine rings is 1. The van der Waals surface area contributed by atoms with Crippen LogP contribution in [0.3, 0.4) is 0 Å². The van der Waals surface area contributed by atoms with Gasteiger partial charge in [0.1, 0.15) is 0 Å². The minimum atomic E-state index is -0.261. The van der Waals surface area contributed by atoms with Crippen LogP contribution < -0.4 is 15.5 Å². The lowest BCUT2D eigenvalue weighted by molar-refractivity contribution is -0.134. The van der Waals surface area contributed by atoms with E-state index in [1.165, 1.54) is 16.8 Å². The van der Waals surface area contributed by atoms with Crippen LogP contribution >= 0.6 is 0 Å². The number of nitrogens with one attached hydrogen (secondary N) is 2. The molecule has 20 heavy (non-hydrogen) atoms. The molecule has 2 aliphatic rings. The van der Waals surface area contributed by atoms with Crippen LogP contribution in [-0.2, 0) is 22.6 Å². The SMILES string of the molecule is CN1CCc2cc(CNC3CCC(=O)NC3=O)ccc21. The number of fused-ring (bicyclic) bond motifs is 1. The summed E-state index contributed by atoms with van der Waals surface area (Å²) in [6, 6.07) is 6.18. The summed E-state index contributed by atoms with van der Waals surface area (Å²) in [5.41, 5.74) is 3.86. The van der Waals surface area contributed by atoms with Crippen LogP contribution in [0.5, 0.6) is 0 Å². The first-order valence-corrected chi connectivity index (χ1v) is 7.03. The van der Waals surface area contributed by atoms with Gasteiger partial charge in [-0.2, -0.15) is 0 Å². The monoisotopic (exact) mass is 273 g/mol. The molecule has 1 unspecified atom stereocenters. The summed E-state index contributed by atoms with van der Waals surface area (Å²) in [6.07, 6.45) is 2.08. The molecule has 2 heterocycles. The van der Waals surface area contributed by atoms with E-state index in [1.807, 2.05) is 0 Å². The molecule has 2 amide bonds. The van der Waals surface area contributed by atoms with E-state index >= 15 is 0 Å². The Bertz CT molecular complexity index is 556. The standard InChI is InChI=1S/C15H19N3O2/c1-18-7-6-11-8-10(2-4-13(11)18)9-16-12-3-5-14(19)17-15(12)20/h2,4,8,12,16H,3,5-7,9H2,1H3,(H,17,19,20). The van der Waals surface area contributed by atoms with Crippen LogP contribution in [0.4, 0.5) is 5.69 Å². The van der Waals surface area contributed by atoms with Gasteiger partial charge in [-0.05, 0) is 30.0 Å². The van der Waals surface area contributed by atoms with Crippen molar-refractivity contribution in [2.45, 2.75) is 31.8 Å². The second-order valence-corrected chi connectivity index (χ2v) is 5.52. The molecule has 3 rings (SSSR count). The molecule has 0 saturated carbocycles. The number of carbonyl (C=O) groups excluding carboxylic acids is 2. The third kappa shape index (κ3) is 2.54. The first-order valence-electron chi connectivity index (χ1n) is 7.03. The molecule has 1 saturated heterocycles. The molecule has 0 radical (unpaired) electrons. The zero-order valence-corrected chi connectivity index (χ0v) is 11.6. The van der Waals surface area contributed by atoms with Crippen LogP contribution in [0.25, 0.3) is 0 Å². The Labute approximate surface area is 118 Å². The molecule has 0 aliphatic carbocycles. The molecule has 2 aliphatic heterocycles. The Hall–Kier alpha value is -1.88.